The fourth-order valence-electron chi connectivity index (χ4n) is 3.11. The molecule has 25 heavy (non-hydrogen) atoms. The van der Waals surface area contributed by atoms with Gasteiger partial charge in [-0.3, -0.25) is 9.48 Å². The first-order chi connectivity index (χ1) is 12.2. The van der Waals surface area contributed by atoms with Crippen LogP contribution >= 0.6 is 0 Å². The number of nitrogens with zero attached hydrogens (tertiary/aromatic N) is 4. The number of carbonyl (C=O) groups is 1. The minimum atomic E-state index is -0.0220. The molecule has 0 saturated heterocycles. The van der Waals surface area contributed by atoms with E-state index in [1.165, 1.54) is 0 Å². The molecule has 0 spiro atoms. The first kappa shape index (κ1) is 17.6. The highest BCUT2D eigenvalue weighted by atomic mass is 16.5. The number of ether oxygens (including phenoxy) is 2. The molecular formula is C18H24N4O3. The average molecular weight is 344 g/mol. The molecule has 0 N–H and O–H groups in total. The Bertz CT molecular complexity index is 702. The van der Waals surface area contributed by atoms with Gasteiger partial charge in [0.2, 0.25) is 5.91 Å². The second kappa shape index (κ2) is 8.22. The molecule has 0 radical (unpaired) electrons. The van der Waals surface area contributed by atoms with Gasteiger partial charge >= 0.3 is 0 Å². The lowest BCUT2D eigenvalue weighted by Crippen LogP contribution is -2.41. The summed E-state index contributed by atoms with van der Waals surface area (Å²) in [4.78, 5) is 14.1. The number of aromatic nitrogens is 3. The van der Waals surface area contributed by atoms with Crippen LogP contribution in [0.1, 0.15) is 29.8 Å². The summed E-state index contributed by atoms with van der Waals surface area (Å²) < 4.78 is 13.0. The summed E-state index contributed by atoms with van der Waals surface area (Å²) >= 11 is 0. The van der Waals surface area contributed by atoms with Crippen molar-refractivity contribution in [3.8, 4) is 0 Å². The van der Waals surface area contributed by atoms with Crippen molar-refractivity contribution in [2.24, 2.45) is 7.05 Å². The van der Waals surface area contributed by atoms with Crippen molar-refractivity contribution >= 4 is 5.91 Å². The van der Waals surface area contributed by atoms with Crippen molar-refractivity contribution in [1.82, 2.24) is 19.9 Å². The lowest BCUT2D eigenvalue weighted by molar-refractivity contribution is -0.137. The lowest BCUT2D eigenvalue weighted by atomic mass is 9.99. The largest absolute Gasteiger partial charge is 0.376 e. The van der Waals surface area contributed by atoms with Crippen LogP contribution in [0.4, 0.5) is 0 Å². The zero-order chi connectivity index (χ0) is 17.6. The van der Waals surface area contributed by atoms with E-state index in [2.05, 4.69) is 10.3 Å². The van der Waals surface area contributed by atoms with Crippen molar-refractivity contribution in [2.45, 2.75) is 26.0 Å². The van der Waals surface area contributed by atoms with E-state index in [9.17, 15) is 4.79 Å². The molecule has 3 rings (SSSR count). The van der Waals surface area contributed by atoms with Crippen LogP contribution < -0.4 is 0 Å². The van der Waals surface area contributed by atoms with Gasteiger partial charge in [-0.1, -0.05) is 35.5 Å². The van der Waals surface area contributed by atoms with Gasteiger partial charge < -0.3 is 14.4 Å². The van der Waals surface area contributed by atoms with Gasteiger partial charge in [-0.2, -0.15) is 0 Å². The molecule has 0 aliphatic carbocycles. The molecule has 0 fully saturated rings. The number of benzene rings is 1. The van der Waals surface area contributed by atoms with Gasteiger partial charge in [0.25, 0.3) is 0 Å². The maximum Gasteiger partial charge on any atom is 0.248 e. The van der Waals surface area contributed by atoms with Crippen LogP contribution in [0.2, 0.25) is 0 Å². The van der Waals surface area contributed by atoms with Crippen LogP contribution in [-0.2, 0) is 34.5 Å². The summed E-state index contributed by atoms with van der Waals surface area (Å²) in [5, 5.41) is 8.32. The van der Waals surface area contributed by atoms with Crippen LogP contribution in [0.25, 0.3) is 0 Å². The second-order valence-corrected chi connectivity index (χ2v) is 6.15. The molecule has 0 bridgehead atoms. The quantitative estimate of drug-likeness (QED) is 0.761. The highest BCUT2D eigenvalue weighted by molar-refractivity contribution is 5.77. The lowest BCUT2D eigenvalue weighted by Gasteiger charge is -2.32. The van der Waals surface area contributed by atoms with Crippen LogP contribution in [0, 0.1) is 0 Å². The fourth-order valence-corrected chi connectivity index (χ4v) is 3.11. The first-order valence-electron chi connectivity index (χ1n) is 8.54. The molecule has 1 aliphatic rings. The van der Waals surface area contributed by atoms with E-state index < -0.39 is 0 Å². The molecule has 1 unspecified atom stereocenters. The normalized spacial score (nSPS) is 16.7. The van der Waals surface area contributed by atoms with Gasteiger partial charge in [0.1, 0.15) is 12.3 Å². The molecule has 134 valence electrons. The van der Waals surface area contributed by atoms with Gasteiger partial charge in [0.15, 0.2) is 0 Å². The number of aryl methyl sites for hydroxylation is 1. The van der Waals surface area contributed by atoms with Crippen molar-refractivity contribution < 1.29 is 14.3 Å². The van der Waals surface area contributed by atoms with Crippen LogP contribution in [0.15, 0.2) is 30.3 Å². The molecule has 1 aromatic carbocycles. The summed E-state index contributed by atoms with van der Waals surface area (Å²) in [6, 6.07) is 10.1. The third kappa shape index (κ3) is 4.24. The Morgan fingerprint density at radius 3 is 2.84 bits per heavy atom. The summed E-state index contributed by atoms with van der Waals surface area (Å²) in [7, 11) is 1.88. The van der Waals surface area contributed by atoms with E-state index in [-0.39, 0.29) is 18.4 Å². The molecule has 1 aromatic heterocycles. The molecule has 7 heteroatoms. The number of fused-ring (bicyclic) bond motifs is 1. The predicted octanol–water partition coefficient (Wildman–Crippen LogP) is 1.49. The van der Waals surface area contributed by atoms with Gasteiger partial charge in [-0.05, 0) is 12.5 Å². The Hall–Kier alpha value is -2.25. The van der Waals surface area contributed by atoms with Crippen LogP contribution in [0.3, 0.4) is 0 Å². The topological polar surface area (TPSA) is 69.5 Å². The van der Waals surface area contributed by atoms with Gasteiger partial charge in [-0.25, -0.2) is 0 Å². The summed E-state index contributed by atoms with van der Waals surface area (Å²) in [6.45, 7) is 4.64. The standard InChI is InChI=1S/C18H24N4O3/c1-3-24-13-17(23)22-9-15(18-16(10-22)19-20-21(18)2)12-25-11-14-7-5-4-6-8-14/h4-8,15H,3,9-13H2,1-2H3. The van der Waals surface area contributed by atoms with Gasteiger partial charge in [0.05, 0.1) is 25.5 Å². The number of rotatable bonds is 7. The minimum absolute atomic E-state index is 0.0220. The highest BCUT2D eigenvalue weighted by Gasteiger charge is 2.32. The van der Waals surface area contributed by atoms with E-state index in [0.717, 1.165) is 17.0 Å². The average Bonchev–Trinajstić information content (AvgIpc) is 3.01. The zero-order valence-corrected chi connectivity index (χ0v) is 14.7. The predicted molar refractivity (Wildman–Crippen MR) is 91.8 cm³/mol. The van der Waals surface area contributed by atoms with Gasteiger partial charge in [-0.15, -0.1) is 5.10 Å². The second-order valence-electron chi connectivity index (χ2n) is 6.15. The van der Waals surface area contributed by atoms with E-state index in [1.807, 2.05) is 44.3 Å². The van der Waals surface area contributed by atoms with Crippen molar-refractivity contribution in [3.63, 3.8) is 0 Å². The Balaban J connectivity index is 1.66. The Morgan fingerprint density at radius 1 is 1.28 bits per heavy atom. The molecule has 0 saturated carbocycles. The first-order valence-corrected chi connectivity index (χ1v) is 8.54. The number of hydrogen-bond donors (Lipinski definition) is 0. The summed E-state index contributed by atoms with van der Waals surface area (Å²) in [5.41, 5.74) is 3.02. The molecule has 2 aromatic rings. The molecule has 1 atom stereocenters. The SMILES string of the molecule is CCOCC(=O)N1Cc2nnn(C)c2C(COCc2ccccc2)C1. The van der Waals surface area contributed by atoms with Crippen LogP contribution in [0.5, 0.6) is 0 Å². The smallest absolute Gasteiger partial charge is 0.248 e. The number of carbonyl (C=O) groups excluding carboxylic acids is 1. The molecule has 2 heterocycles. The summed E-state index contributed by atoms with van der Waals surface area (Å²) in [6.07, 6.45) is 0. The third-order valence-corrected chi connectivity index (χ3v) is 4.32. The Kier molecular flexibility index (Phi) is 5.78. The maximum atomic E-state index is 12.3. The van der Waals surface area contributed by atoms with Crippen molar-refractivity contribution in [2.75, 3.05) is 26.4 Å². The van der Waals surface area contributed by atoms with Crippen LogP contribution in [-0.4, -0.2) is 52.2 Å². The van der Waals surface area contributed by atoms with Crippen molar-refractivity contribution in [3.05, 3.63) is 47.3 Å². The maximum absolute atomic E-state index is 12.3. The number of amides is 1. The Morgan fingerprint density at radius 2 is 2.08 bits per heavy atom. The molecule has 1 amide bonds. The fraction of sp³-hybridized carbons (Fsp3) is 0.500. The van der Waals surface area contributed by atoms with E-state index in [0.29, 0.717) is 32.9 Å². The zero-order valence-electron chi connectivity index (χ0n) is 14.7. The highest BCUT2D eigenvalue weighted by Crippen LogP contribution is 2.27. The molecule has 7 nitrogen and oxygen atoms in total. The molecular weight excluding hydrogens is 320 g/mol. The van der Waals surface area contributed by atoms with E-state index in [1.54, 1.807) is 9.58 Å². The van der Waals surface area contributed by atoms with Gasteiger partial charge in [0, 0.05) is 26.1 Å². The monoisotopic (exact) mass is 344 g/mol. The summed E-state index contributed by atoms with van der Waals surface area (Å²) in [5.74, 6) is 0.0317. The number of hydrogen-bond acceptors (Lipinski definition) is 5. The van der Waals surface area contributed by atoms with Crippen molar-refractivity contribution in [1.29, 1.82) is 0 Å². The minimum Gasteiger partial charge on any atom is -0.376 e. The Labute approximate surface area is 147 Å². The van der Waals surface area contributed by atoms with E-state index >= 15 is 0 Å². The van der Waals surface area contributed by atoms with E-state index in [4.69, 9.17) is 9.47 Å². The molecule has 1 aliphatic heterocycles. The third-order valence-electron chi connectivity index (χ3n) is 4.32.